The van der Waals surface area contributed by atoms with Crippen molar-refractivity contribution in [2.45, 2.75) is 12.5 Å². The molecule has 1 unspecified atom stereocenters. The van der Waals surface area contributed by atoms with Crippen LogP contribution in [0.15, 0.2) is 86.0 Å². The number of benzene rings is 2. The minimum atomic E-state index is 0.0138. The Bertz CT molecular complexity index is 623. The van der Waals surface area contributed by atoms with Crippen LogP contribution in [0.5, 0.6) is 0 Å². The Morgan fingerprint density at radius 3 is 1.96 bits per heavy atom. The first-order valence-electron chi connectivity index (χ1n) is 7.85. The Kier molecular flexibility index (Phi) is 6.52. The predicted octanol–water partition coefficient (Wildman–Crippen LogP) is 4.67. The number of hydrogen-bond donors (Lipinski definition) is 0. The molecule has 0 N–H and O–H groups in total. The van der Waals surface area contributed by atoms with Crippen LogP contribution in [0.1, 0.15) is 28.4 Å². The van der Waals surface area contributed by atoms with Crippen molar-refractivity contribution in [1.29, 1.82) is 0 Å². The summed E-state index contributed by atoms with van der Waals surface area (Å²) in [7, 11) is 0. The molecule has 23 heavy (non-hydrogen) atoms. The Morgan fingerprint density at radius 2 is 1.43 bits per heavy atom. The van der Waals surface area contributed by atoms with Crippen LogP contribution in [0.3, 0.4) is 0 Å². The van der Waals surface area contributed by atoms with Crippen LogP contribution >= 0.6 is 0 Å². The van der Waals surface area contributed by atoms with Gasteiger partial charge in [0, 0.05) is 31.1 Å². The molecular formula is C21H23NO. The summed E-state index contributed by atoms with van der Waals surface area (Å²) in [5, 5.41) is 0. The zero-order chi connectivity index (χ0) is 16.5. The summed E-state index contributed by atoms with van der Waals surface area (Å²) in [5.74, 6) is 0.151. The lowest BCUT2D eigenvalue weighted by atomic mass is 9.96. The van der Waals surface area contributed by atoms with Crippen LogP contribution in [0.25, 0.3) is 0 Å². The van der Waals surface area contributed by atoms with Crippen LogP contribution in [-0.2, 0) is 0 Å². The van der Waals surface area contributed by atoms with Crippen LogP contribution in [0.4, 0.5) is 0 Å². The molecule has 2 aromatic rings. The average Bonchev–Trinajstić information content (AvgIpc) is 2.61. The number of Topliss-reactive ketones (excluding diaryl/α,β-unsaturated/α-hetero) is 1. The van der Waals surface area contributed by atoms with E-state index < -0.39 is 0 Å². The Morgan fingerprint density at radius 1 is 0.913 bits per heavy atom. The Labute approximate surface area is 138 Å². The van der Waals surface area contributed by atoms with Gasteiger partial charge in [-0.2, -0.15) is 0 Å². The van der Waals surface area contributed by atoms with Crippen molar-refractivity contribution in [3.8, 4) is 0 Å². The van der Waals surface area contributed by atoms with Gasteiger partial charge in [-0.05, 0) is 5.56 Å². The van der Waals surface area contributed by atoms with Gasteiger partial charge in [0.25, 0.3) is 0 Å². The number of hydrogen-bond acceptors (Lipinski definition) is 2. The van der Waals surface area contributed by atoms with Gasteiger partial charge in [0.2, 0.25) is 0 Å². The molecule has 118 valence electrons. The maximum atomic E-state index is 12.7. The van der Waals surface area contributed by atoms with Gasteiger partial charge in [-0.1, -0.05) is 72.8 Å². The van der Waals surface area contributed by atoms with E-state index in [0.717, 1.165) is 11.1 Å². The second-order valence-electron chi connectivity index (χ2n) is 5.45. The van der Waals surface area contributed by atoms with Crippen molar-refractivity contribution in [3.63, 3.8) is 0 Å². The molecule has 0 bridgehead atoms. The van der Waals surface area contributed by atoms with Crippen molar-refractivity contribution in [1.82, 2.24) is 4.90 Å². The van der Waals surface area contributed by atoms with E-state index in [4.69, 9.17) is 0 Å². The van der Waals surface area contributed by atoms with Gasteiger partial charge < -0.3 is 0 Å². The molecule has 2 rings (SSSR count). The van der Waals surface area contributed by atoms with Gasteiger partial charge in [0.15, 0.2) is 5.78 Å². The van der Waals surface area contributed by atoms with Gasteiger partial charge in [-0.3, -0.25) is 9.69 Å². The lowest BCUT2D eigenvalue weighted by Gasteiger charge is -2.30. The summed E-state index contributed by atoms with van der Waals surface area (Å²) in [6, 6.07) is 19.6. The molecule has 0 aliphatic rings. The highest BCUT2D eigenvalue weighted by atomic mass is 16.1. The predicted molar refractivity (Wildman–Crippen MR) is 96.5 cm³/mol. The molecule has 2 aromatic carbocycles. The molecule has 0 amide bonds. The van der Waals surface area contributed by atoms with Crippen molar-refractivity contribution >= 4 is 5.78 Å². The maximum absolute atomic E-state index is 12.7. The Balaban J connectivity index is 2.27. The van der Waals surface area contributed by atoms with E-state index in [9.17, 15) is 4.79 Å². The third kappa shape index (κ3) is 4.76. The fourth-order valence-electron chi connectivity index (χ4n) is 2.71. The molecule has 0 spiro atoms. The molecule has 0 aliphatic carbocycles. The minimum Gasteiger partial charge on any atom is -0.294 e. The average molecular weight is 305 g/mol. The molecule has 0 saturated carbocycles. The van der Waals surface area contributed by atoms with E-state index in [1.165, 1.54) is 0 Å². The second kappa shape index (κ2) is 8.86. The number of nitrogens with zero attached hydrogens (tertiary/aromatic N) is 1. The van der Waals surface area contributed by atoms with E-state index in [1.807, 2.05) is 60.7 Å². The van der Waals surface area contributed by atoms with Crippen molar-refractivity contribution in [3.05, 3.63) is 97.1 Å². The fraction of sp³-hybridized carbons (Fsp3) is 0.190. The van der Waals surface area contributed by atoms with E-state index in [-0.39, 0.29) is 11.8 Å². The molecular weight excluding hydrogens is 282 g/mol. The first kappa shape index (κ1) is 16.9. The summed E-state index contributed by atoms with van der Waals surface area (Å²) in [4.78, 5) is 14.9. The standard InChI is InChI=1S/C21H23NO/c1-3-15-22(16-4-2)20(18-11-7-5-8-12-18)17-21(23)19-13-9-6-10-14-19/h3-14,20H,1-2,15-17H2. The number of carbonyl (C=O) groups is 1. The second-order valence-corrected chi connectivity index (χ2v) is 5.45. The maximum Gasteiger partial charge on any atom is 0.164 e. The van der Waals surface area contributed by atoms with Crippen LogP contribution in [-0.4, -0.2) is 23.8 Å². The quantitative estimate of drug-likeness (QED) is 0.495. The summed E-state index contributed by atoms with van der Waals surface area (Å²) in [6.45, 7) is 9.10. The summed E-state index contributed by atoms with van der Waals surface area (Å²) in [6.07, 6.45) is 4.18. The normalized spacial score (nSPS) is 11.9. The van der Waals surface area contributed by atoms with Gasteiger partial charge in [-0.25, -0.2) is 0 Å². The lowest BCUT2D eigenvalue weighted by Crippen LogP contribution is -2.31. The Hall–Kier alpha value is -2.45. The van der Waals surface area contributed by atoms with Gasteiger partial charge in [0.1, 0.15) is 0 Å². The van der Waals surface area contributed by atoms with Gasteiger partial charge >= 0.3 is 0 Å². The first-order valence-corrected chi connectivity index (χ1v) is 7.85. The number of rotatable bonds is 9. The molecule has 0 radical (unpaired) electrons. The smallest absolute Gasteiger partial charge is 0.164 e. The molecule has 0 heterocycles. The van der Waals surface area contributed by atoms with Crippen LogP contribution in [0.2, 0.25) is 0 Å². The highest BCUT2D eigenvalue weighted by Gasteiger charge is 2.22. The molecule has 0 saturated heterocycles. The van der Waals surface area contributed by atoms with E-state index >= 15 is 0 Å². The number of carbonyl (C=O) groups excluding carboxylic acids is 1. The number of ketones is 1. The first-order chi connectivity index (χ1) is 11.3. The molecule has 1 atom stereocenters. The fourth-order valence-corrected chi connectivity index (χ4v) is 2.71. The molecule has 0 fully saturated rings. The highest BCUT2D eigenvalue weighted by Crippen LogP contribution is 2.26. The van der Waals surface area contributed by atoms with Crippen molar-refractivity contribution in [2.75, 3.05) is 13.1 Å². The largest absolute Gasteiger partial charge is 0.294 e. The molecule has 2 nitrogen and oxygen atoms in total. The van der Waals surface area contributed by atoms with Crippen LogP contribution in [0, 0.1) is 0 Å². The van der Waals surface area contributed by atoms with Gasteiger partial charge in [-0.15, -0.1) is 13.2 Å². The summed E-state index contributed by atoms with van der Waals surface area (Å²) >= 11 is 0. The molecule has 2 heteroatoms. The third-order valence-corrected chi connectivity index (χ3v) is 3.83. The van der Waals surface area contributed by atoms with Crippen molar-refractivity contribution < 1.29 is 4.79 Å². The minimum absolute atomic E-state index is 0.0138. The zero-order valence-corrected chi connectivity index (χ0v) is 13.4. The molecule has 0 aliphatic heterocycles. The molecule has 0 aromatic heterocycles. The monoisotopic (exact) mass is 305 g/mol. The highest BCUT2D eigenvalue weighted by molar-refractivity contribution is 5.96. The topological polar surface area (TPSA) is 20.3 Å². The summed E-state index contributed by atoms with van der Waals surface area (Å²) in [5.41, 5.74) is 1.89. The van der Waals surface area contributed by atoms with Crippen LogP contribution < -0.4 is 0 Å². The SMILES string of the molecule is C=CCN(CC=C)C(CC(=O)c1ccccc1)c1ccccc1. The summed E-state index contributed by atoms with van der Waals surface area (Å²) < 4.78 is 0. The van der Waals surface area contributed by atoms with E-state index in [0.29, 0.717) is 19.5 Å². The zero-order valence-electron chi connectivity index (χ0n) is 13.4. The third-order valence-electron chi connectivity index (χ3n) is 3.83. The lowest BCUT2D eigenvalue weighted by molar-refractivity contribution is 0.0931. The van der Waals surface area contributed by atoms with Crippen molar-refractivity contribution in [2.24, 2.45) is 0 Å². The van der Waals surface area contributed by atoms with E-state index in [1.54, 1.807) is 0 Å². The van der Waals surface area contributed by atoms with Gasteiger partial charge in [0.05, 0.1) is 0 Å². The van der Waals surface area contributed by atoms with E-state index in [2.05, 4.69) is 30.2 Å².